The number of tetrazole rings is 1. The molecule has 9 heteroatoms. The fraction of sp³-hybridized carbons (Fsp3) is 0.591. The van der Waals surface area contributed by atoms with Gasteiger partial charge in [0, 0.05) is 12.5 Å². The molecule has 4 atom stereocenters. The van der Waals surface area contributed by atoms with E-state index in [-0.39, 0.29) is 21.4 Å². The third-order valence-corrected chi connectivity index (χ3v) is 9.23. The van der Waals surface area contributed by atoms with Crippen LogP contribution in [0.1, 0.15) is 51.8 Å². The second-order valence-corrected chi connectivity index (χ2v) is 11.5. The second-order valence-electron chi connectivity index (χ2n) is 9.38. The molecule has 3 saturated carbocycles. The van der Waals surface area contributed by atoms with E-state index in [1.54, 1.807) is 24.3 Å². The van der Waals surface area contributed by atoms with Crippen molar-refractivity contribution in [3.8, 4) is 0 Å². The predicted molar refractivity (Wildman–Crippen MR) is 120 cm³/mol. The SMILES string of the molecule is CC1(C)[C@H]2C[C@H](CC=CCCCc3nnn[nH]3)[C@@H](NS(=O)(=O)c3ccccc3Cl)[C@H]1C2. The molecule has 1 aromatic carbocycles. The van der Waals surface area contributed by atoms with Crippen molar-refractivity contribution in [1.29, 1.82) is 0 Å². The highest BCUT2D eigenvalue weighted by Gasteiger charge is 2.58. The van der Waals surface area contributed by atoms with Gasteiger partial charge in [0.05, 0.1) is 5.02 Å². The smallest absolute Gasteiger partial charge is 0.242 e. The highest BCUT2D eigenvalue weighted by Crippen LogP contribution is 2.61. The fourth-order valence-corrected chi connectivity index (χ4v) is 7.16. The number of aromatic amines is 1. The lowest BCUT2D eigenvalue weighted by Gasteiger charge is -2.62. The van der Waals surface area contributed by atoms with E-state index in [0.29, 0.717) is 17.8 Å². The first-order valence-electron chi connectivity index (χ1n) is 10.9. The highest BCUT2D eigenvalue weighted by atomic mass is 35.5. The molecule has 0 unspecified atom stereocenters. The number of benzene rings is 1. The molecule has 2 bridgehead atoms. The Kier molecular flexibility index (Phi) is 6.51. The molecule has 1 heterocycles. The van der Waals surface area contributed by atoms with Crippen molar-refractivity contribution in [1.82, 2.24) is 25.3 Å². The van der Waals surface area contributed by atoms with Gasteiger partial charge in [0.1, 0.15) is 10.7 Å². The molecule has 5 rings (SSSR count). The number of hydrogen-bond donors (Lipinski definition) is 2. The lowest BCUT2D eigenvalue weighted by Crippen LogP contribution is -2.63. The van der Waals surface area contributed by atoms with Gasteiger partial charge in [-0.3, -0.25) is 0 Å². The zero-order valence-corrected chi connectivity index (χ0v) is 19.5. The number of sulfonamides is 1. The van der Waals surface area contributed by atoms with Crippen LogP contribution in [0, 0.1) is 23.2 Å². The van der Waals surface area contributed by atoms with Crippen LogP contribution in [0.25, 0.3) is 0 Å². The Labute approximate surface area is 189 Å². The van der Waals surface area contributed by atoms with E-state index >= 15 is 0 Å². The molecule has 2 N–H and O–H groups in total. The maximum absolute atomic E-state index is 13.1. The first-order chi connectivity index (χ1) is 14.8. The average Bonchev–Trinajstić information content (AvgIpc) is 3.24. The standard InChI is InChI=1S/C22H30ClN5O2S/c1-22(2)16-13-15(9-5-3-4-6-12-20-24-27-28-25-20)21(17(22)14-16)26-31(29,30)19-11-8-7-10-18(19)23/h3,5,7-8,10-11,15-17,21,26H,4,6,9,12-14H2,1-2H3,(H,24,25,27,28)/t15-,16-,17+,21+/m0/s1. The van der Waals surface area contributed by atoms with E-state index in [4.69, 9.17) is 11.6 Å². The molecule has 7 nitrogen and oxygen atoms in total. The van der Waals surface area contributed by atoms with Crippen LogP contribution in [0.15, 0.2) is 41.3 Å². The first kappa shape index (κ1) is 22.4. The Morgan fingerprint density at radius 1 is 1.26 bits per heavy atom. The predicted octanol–water partition coefficient (Wildman–Crippen LogP) is 4.15. The number of halogens is 1. The van der Waals surface area contributed by atoms with E-state index in [1.165, 1.54) is 0 Å². The van der Waals surface area contributed by atoms with Crippen LogP contribution >= 0.6 is 11.6 Å². The van der Waals surface area contributed by atoms with E-state index in [0.717, 1.165) is 44.3 Å². The summed E-state index contributed by atoms with van der Waals surface area (Å²) in [7, 11) is -3.67. The number of unbranched alkanes of at least 4 members (excludes halogenated alkanes) is 1. The van der Waals surface area contributed by atoms with Crippen LogP contribution in [-0.4, -0.2) is 35.1 Å². The number of hydrogen-bond acceptors (Lipinski definition) is 5. The molecule has 168 valence electrons. The van der Waals surface area contributed by atoms with Gasteiger partial charge in [0.2, 0.25) is 10.0 Å². The van der Waals surface area contributed by atoms with Gasteiger partial charge in [-0.2, -0.15) is 0 Å². The maximum atomic E-state index is 13.1. The van der Waals surface area contributed by atoms with Crippen molar-refractivity contribution in [2.24, 2.45) is 23.2 Å². The average molecular weight is 464 g/mol. The Morgan fingerprint density at radius 3 is 2.77 bits per heavy atom. The summed E-state index contributed by atoms with van der Waals surface area (Å²) in [6, 6.07) is 6.57. The van der Waals surface area contributed by atoms with Crippen molar-refractivity contribution in [2.75, 3.05) is 0 Å². The second kappa shape index (κ2) is 9.00. The number of H-pyrrole nitrogens is 1. The highest BCUT2D eigenvalue weighted by molar-refractivity contribution is 7.89. The summed E-state index contributed by atoms with van der Waals surface area (Å²) >= 11 is 6.19. The Balaban J connectivity index is 1.40. The van der Waals surface area contributed by atoms with Gasteiger partial charge in [0.15, 0.2) is 0 Å². The summed E-state index contributed by atoms with van der Waals surface area (Å²) < 4.78 is 29.3. The van der Waals surface area contributed by atoms with Gasteiger partial charge in [-0.05, 0) is 77.8 Å². The van der Waals surface area contributed by atoms with Crippen LogP contribution in [0.2, 0.25) is 5.02 Å². The molecule has 3 fully saturated rings. The lowest BCUT2D eigenvalue weighted by molar-refractivity contribution is -0.108. The third-order valence-electron chi connectivity index (χ3n) is 7.27. The molecule has 0 radical (unpaired) electrons. The van der Waals surface area contributed by atoms with Crippen LogP contribution in [0.5, 0.6) is 0 Å². The molecule has 0 saturated heterocycles. The summed E-state index contributed by atoms with van der Waals surface area (Å²) in [5.74, 6) is 2.11. The number of aromatic nitrogens is 4. The van der Waals surface area contributed by atoms with Gasteiger partial charge < -0.3 is 0 Å². The number of rotatable bonds is 9. The van der Waals surface area contributed by atoms with Crippen LogP contribution < -0.4 is 4.72 Å². The van der Waals surface area contributed by atoms with Crippen molar-refractivity contribution < 1.29 is 8.42 Å². The Bertz CT molecular complexity index is 1020. The fourth-order valence-electron chi connectivity index (χ4n) is 5.29. The summed E-state index contributed by atoms with van der Waals surface area (Å²) in [4.78, 5) is 0.159. The number of allylic oxidation sites excluding steroid dienone is 2. The molecular weight excluding hydrogens is 434 g/mol. The van der Waals surface area contributed by atoms with Gasteiger partial charge in [-0.15, -0.1) is 5.10 Å². The molecule has 0 aliphatic heterocycles. The van der Waals surface area contributed by atoms with E-state index in [9.17, 15) is 8.42 Å². The number of fused-ring (bicyclic) bond motifs is 2. The van der Waals surface area contributed by atoms with Crippen LogP contribution in [-0.2, 0) is 16.4 Å². The molecule has 3 aliphatic carbocycles. The van der Waals surface area contributed by atoms with Gasteiger partial charge >= 0.3 is 0 Å². The van der Waals surface area contributed by atoms with Crippen molar-refractivity contribution in [3.05, 3.63) is 47.3 Å². The largest absolute Gasteiger partial charge is 0.243 e. The zero-order valence-electron chi connectivity index (χ0n) is 18.0. The molecule has 0 spiro atoms. The molecule has 3 aliphatic rings. The summed E-state index contributed by atoms with van der Waals surface area (Å²) in [6.45, 7) is 4.54. The van der Waals surface area contributed by atoms with Gasteiger partial charge in [-0.1, -0.05) is 49.7 Å². The quantitative estimate of drug-likeness (QED) is 0.429. The monoisotopic (exact) mass is 463 g/mol. The normalized spacial score (nSPS) is 27.3. The van der Waals surface area contributed by atoms with Crippen molar-refractivity contribution >= 4 is 21.6 Å². The minimum atomic E-state index is -3.67. The summed E-state index contributed by atoms with van der Waals surface area (Å²) in [6.07, 6.45) is 10.1. The van der Waals surface area contributed by atoms with Crippen LogP contribution in [0.4, 0.5) is 0 Å². The summed E-state index contributed by atoms with van der Waals surface area (Å²) in [5.41, 5.74) is 0.166. The molecule has 1 aromatic heterocycles. The molecular formula is C22H30ClN5O2S. The lowest BCUT2D eigenvalue weighted by atomic mass is 9.45. The number of nitrogens with zero attached hydrogens (tertiary/aromatic N) is 3. The third kappa shape index (κ3) is 4.71. The zero-order chi connectivity index (χ0) is 22.1. The minimum Gasteiger partial charge on any atom is -0.243 e. The first-order valence-corrected chi connectivity index (χ1v) is 12.8. The Hall–Kier alpha value is -1.77. The van der Waals surface area contributed by atoms with Crippen molar-refractivity contribution in [3.63, 3.8) is 0 Å². The van der Waals surface area contributed by atoms with Gasteiger partial charge in [-0.25, -0.2) is 18.2 Å². The minimum absolute atomic E-state index is 0.0776. The molecule has 0 amide bonds. The van der Waals surface area contributed by atoms with E-state index < -0.39 is 10.0 Å². The van der Waals surface area contributed by atoms with Crippen LogP contribution in [0.3, 0.4) is 0 Å². The maximum Gasteiger partial charge on any atom is 0.242 e. The van der Waals surface area contributed by atoms with Crippen molar-refractivity contribution in [2.45, 2.75) is 63.3 Å². The Morgan fingerprint density at radius 2 is 2.06 bits per heavy atom. The molecule has 2 aromatic rings. The molecule has 31 heavy (non-hydrogen) atoms. The van der Waals surface area contributed by atoms with E-state index in [1.807, 2.05) is 0 Å². The number of nitrogens with one attached hydrogen (secondary N) is 2. The topological polar surface area (TPSA) is 101 Å². The van der Waals surface area contributed by atoms with Gasteiger partial charge in [0.25, 0.3) is 0 Å². The number of aryl methyl sites for hydroxylation is 1. The van der Waals surface area contributed by atoms with E-state index in [2.05, 4.69) is 51.3 Å². The summed E-state index contributed by atoms with van der Waals surface area (Å²) in [5, 5.41) is 14.1.